The fourth-order valence-electron chi connectivity index (χ4n) is 1.80. The minimum absolute atomic E-state index is 0.0289. The van der Waals surface area contributed by atoms with E-state index in [1.165, 1.54) is 6.20 Å². The molecular weight excluding hydrogens is 300 g/mol. The minimum atomic E-state index is -3.32. The number of nitrogens with zero attached hydrogens (tertiary/aromatic N) is 3. The predicted octanol–water partition coefficient (Wildman–Crippen LogP) is 1.60. The number of nitrogens with one attached hydrogen (secondary N) is 1. The van der Waals surface area contributed by atoms with E-state index in [4.69, 9.17) is 11.6 Å². The molecule has 0 amide bonds. The average Bonchev–Trinajstić information content (AvgIpc) is 2.84. The standard InChI is InChI=1S/C12H23ClN4O2S/c1-3-16(4-2)7-8-17-11-12(10-14-17)15-20(18,19)9-5-6-13/h10-11,15H,3-9H2,1-2H3. The van der Waals surface area contributed by atoms with Crippen molar-refractivity contribution in [1.82, 2.24) is 14.7 Å². The van der Waals surface area contributed by atoms with E-state index < -0.39 is 10.0 Å². The molecule has 116 valence electrons. The molecule has 0 radical (unpaired) electrons. The number of rotatable bonds is 10. The first-order valence-electron chi connectivity index (χ1n) is 6.82. The monoisotopic (exact) mass is 322 g/mol. The van der Waals surface area contributed by atoms with Crippen molar-refractivity contribution in [2.24, 2.45) is 0 Å². The van der Waals surface area contributed by atoms with Crippen LogP contribution >= 0.6 is 11.6 Å². The van der Waals surface area contributed by atoms with Crippen LogP contribution in [0.3, 0.4) is 0 Å². The third kappa shape index (κ3) is 6.11. The van der Waals surface area contributed by atoms with E-state index in [0.29, 0.717) is 18.0 Å². The minimum Gasteiger partial charge on any atom is -0.302 e. The number of likely N-dealkylation sites (N-methyl/N-ethyl adjacent to an activating group) is 1. The third-order valence-electron chi connectivity index (χ3n) is 2.99. The Labute approximate surface area is 126 Å². The Morgan fingerprint density at radius 3 is 2.70 bits per heavy atom. The van der Waals surface area contributed by atoms with Gasteiger partial charge in [0.25, 0.3) is 0 Å². The second kappa shape index (κ2) is 8.49. The number of hydrogen-bond donors (Lipinski definition) is 1. The van der Waals surface area contributed by atoms with Gasteiger partial charge in [-0.1, -0.05) is 13.8 Å². The second-order valence-electron chi connectivity index (χ2n) is 4.48. The van der Waals surface area contributed by atoms with E-state index >= 15 is 0 Å². The van der Waals surface area contributed by atoms with Crippen molar-refractivity contribution >= 4 is 27.3 Å². The second-order valence-corrected chi connectivity index (χ2v) is 6.70. The summed E-state index contributed by atoms with van der Waals surface area (Å²) < 4.78 is 27.7. The average molecular weight is 323 g/mol. The molecule has 0 atom stereocenters. The number of anilines is 1. The van der Waals surface area contributed by atoms with Crippen LogP contribution in [0.5, 0.6) is 0 Å². The van der Waals surface area contributed by atoms with Crippen LogP contribution in [0.1, 0.15) is 20.3 Å². The van der Waals surface area contributed by atoms with Crippen LogP contribution in [-0.4, -0.2) is 54.4 Å². The molecule has 0 saturated carbocycles. The van der Waals surface area contributed by atoms with Gasteiger partial charge < -0.3 is 4.90 Å². The van der Waals surface area contributed by atoms with Crippen LogP contribution in [0.2, 0.25) is 0 Å². The summed E-state index contributed by atoms with van der Waals surface area (Å²) in [5.74, 6) is 0.366. The molecule has 6 nitrogen and oxygen atoms in total. The fourth-order valence-corrected chi connectivity index (χ4v) is 3.18. The Bertz CT molecular complexity index is 485. The van der Waals surface area contributed by atoms with Gasteiger partial charge in [-0.2, -0.15) is 5.10 Å². The van der Waals surface area contributed by atoms with Gasteiger partial charge in [-0.05, 0) is 19.5 Å². The highest BCUT2D eigenvalue weighted by molar-refractivity contribution is 7.92. The smallest absolute Gasteiger partial charge is 0.232 e. The van der Waals surface area contributed by atoms with E-state index in [0.717, 1.165) is 26.2 Å². The molecular formula is C12H23ClN4O2S. The van der Waals surface area contributed by atoms with Gasteiger partial charge >= 0.3 is 0 Å². The summed E-state index contributed by atoms with van der Waals surface area (Å²) in [5, 5.41) is 4.16. The lowest BCUT2D eigenvalue weighted by Crippen LogP contribution is -2.27. The lowest BCUT2D eigenvalue weighted by Gasteiger charge is -2.17. The van der Waals surface area contributed by atoms with Crippen LogP contribution in [0.4, 0.5) is 5.69 Å². The first-order chi connectivity index (χ1) is 9.50. The maximum Gasteiger partial charge on any atom is 0.232 e. The number of alkyl halides is 1. The Kier molecular flexibility index (Phi) is 7.32. The van der Waals surface area contributed by atoms with Gasteiger partial charge in [0.1, 0.15) is 0 Å². The molecule has 8 heteroatoms. The first kappa shape index (κ1) is 17.3. The normalized spacial score (nSPS) is 12.0. The summed E-state index contributed by atoms with van der Waals surface area (Å²) in [6, 6.07) is 0. The van der Waals surface area contributed by atoms with Gasteiger partial charge in [-0.25, -0.2) is 8.42 Å². The topological polar surface area (TPSA) is 67.2 Å². The molecule has 0 saturated heterocycles. The molecule has 0 aromatic carbocycles. The molecule has 1 N–H and O–H groups in total. The molecule has 0 fully saturated rings. The summed E-state index contributed by atoms with van der Waals surface area (Å²) in [6.07, 6.45) is 3.68. The molecule has 20 heavy (non-hydrogen) atoms. The van der Waals surface area contributed by atoms with Crippen molar-refractivity contribution in [2.75, 3.05) is 36.0 Å². The molecule has 0 bridgehead atoms. The largest absolute Gasteiger partial charge is 0.302 e. The molecule has 1 rings (SSSR count). The highest BCUT2D eigenvalue weighted by atomic mass is 35.5. The fraction of sp³-hybridized carbons (Fsp3) is 0.750. The lowest BCUT2D eigenvalue weighted by atomic mass is 10.4. The van der Waals surface area contributed by atoms with Crippen LogP contribution in [0.15, 0.2) is 12.4 Å². The zero-order chi connectivity index (χ0) is 15.0. The molecule has 0 aliphatic carbocycles. The van der Waals surface area contributed by atoms with Crippen molar-refractivity contribution in [3.63, 3.8) is 0 Å². The Morgan fingerprint density at radius 2 is 2.10 bits per heavy atom. The first-order valence-corrected chi connectivity index (χ1v) is 9.00. The summed E-state index contributed by atoms with van der Waals surface area (Å²) >= 11 is 5.50. The van der Waals surface area contributed by atoms with E-state index in [2.05, 4.69) is 28.6 Å². The SMILES string of the molecule is CCN(CC)CCn1cc(NS(=O)(=O)CCCCl)cn1. The van der Waals surface area contributed by atoms with E-state index in [1.54, 1.807) is 10.9 Å². The van der Waals surface area contributed by atoms with E-state index in [9.17, 15) is 8.42 Å². The van der Waals surface area contributed by atoms with Crippen molar-refractivity contribution in [2.45, 2.75) is 26.8 Å². The maximum absolute atomic E-state index is 11.7. The molecule has 0 aliphatic heterocycles. The highest BCUT2D eigenvalue weighted by Crippen LogP contribution is 2.08. The Balaban J connectivity index is 2.51. The number of sulfonamides is 1. The molecule has 0 unspecified atom stereocenters. The van der Waals surface area contributed by atoms with Crippen molar-refractivity contribution < 1.29 is 8.42 Å². The van der Waals surface area contributed by atoms with Gasteiger partial charge in [-0.15, -0.1) is 11.6 Å². The predicted molar refractivity (Wildman–Crippen MR) is 82.8 cm³/mol. The maximum atomic E-state index is 11.7. The van der Waals surface area contributed by atoms with E-state index in [1.807, 2.05) is 0 Å². The van der Waals surface area contributed by atoms with Crippen LogP contribution < -0.4 is 4.72 Å². The molecule has 0 aliphatic rings. The Hall–Kier alpha value is -0.790. The summed E-state index contributed by atoms with van der Waals surface area (Å²) in [4.78, 5) is 2.28. The summed E-state index contributed by atoms with van der Waals surface area (Å²) in [7, 11) is -3.32. The van der Waals surface area contributed by atoms with Gasteiger partial charge in [0.15, 0.2) is 0 Å². The molecule has 1 heterocycles. The van der Waals surface area contributed by atoms with Gasteiger partial charge in [-0.3, -0.25) is 9.40 Å². The van der Waals surface area contributed by atoms with Gasteiger partial charge in [0.05, 0.1) is 24.2 Å². The Morgan fingerprint density at radius 1 is 1.40 bits per heavy atom. The van der Waals surface area contributed by atoms with E-state index in [-0.39, 0.29) is 5.75 Å². The number of hydrogen-bond acceptors (Lipinski definition) is 4. The number of aromatic nitrogens is 2. The van der Waals surface area contributed by atoms with Gasteiger partial charge in [0.2, 0.25) is 10.0 Å². The summed E-state index contributed by atoms with van der Waals surface area (Å²) in [5.41, 5.74) is 0.499. The summed E-state index contributed by atoms with van der Waals surface area (Å²) in [6.45, 7) is 7.86. The lowest BCUT2D eigenvalue weighted by molar-refractivity contribution is 0.285. The van der Waals surface area contributed by atoms with Crippen molar-refractivity contribution in [3.05, 3.63) is 12.4 Å². The highest BCUT2D eigenvalue weighted by Gasteiger charge is 2.11. The zero-order valence-electron chi connectivity index (χ0n) is 12.0. The molecule has 1 aromatic rings. The molecule has 0 spiro atoms. The zero-order valence-corrected chi connectivity index (χ0v) is 13.6. The number of halogens is 1. The van der Waals surface area contributed by atoms with Crippen molar-refractivity contribution in [1.29, 1.82) is 0 Å². The molecule has 1 aromatic heterocycles. The van der Waals surface area contributed by atoms with Crippen LogP contribution in [-0.2, 0) is 16.6 Å². The van der Waals surface area contributed by atoms with Gasteiger partial charge in [0, 0.05) is 18.6 Å². The quantitative estimate of drug-likeness (QED) is 0.664. The van der Waals surface area contributed by atoms with Crippen molar-refractivity contribution in [3.8, 4) is 0 Å². The van der Waals surface area contributed by atoms with Crippen LogP contribution in [0.25, 0.3) is 0 Å². The van der Waals surface area contributed by atoms with Crippen LogP contribution in [0, 0.1) is 0 Å². The third-order valence-corrected chi connectivity index (χ3v) is 4.63.